The molecule has 0 aliphatic carbocycles. The van der Waals surface area contributed by atoms with Crippen LogP contribution in [-0.4, -0.2) is 33.6 Å². The Morgan fingerprint density at radius 1 is 1.25 bits per heavy atom. The van der Waals surface area contributed by atoms with E-state index in [1.165, 1.54) is 12.4 Å². The second kappa shape index (κ2) is 6.77. The van der Waals surface area contributed by atoms with E-state index in [-0.39, 0.29) is 18.1 Å². The molecule has 0 bridgehead atoms. The molecule has 2 rings (SSSR count). The zero-order valence-corrected chi connectivity index (χ0v) is 11.3. The van der Waals surface area contributed by atoms with Crippen molar-refractivity contribution in [3.8, 4) is 0 Å². The van der Waals surface area contributed by atoms with Crippen molar-refractivity contribution in [2.24, 2.45) is 0 Å². The van der Waals surface area contributed by atoms with Gasteiger partial charge in [-0.3, -0.25) is 9.78 Å². The van der Waals surface area contributed by atoms with Crippen LogP contribution in [0.1, 0.15) is 21.7 Å². The number of aryl methyl sites for hydroxylation is 1. The van der Waals surface area contributed by atoms with E-state index in [0.29, 0.717) is 6.42 Å². The first-order valence-corrected chi connectivity index (χ1v) is 6.44. The highest BCUT2D eigenvalue weighted by molar-refractivity contribution is 5.91. The molecule has 2 N–H and O–H groups in total. The molecule has 0 fully saturated rings. The molecule has 0 aliphatic rings. The maximum absolute atomic E-state index is 11.8. The van der Waals surface area contributed by atoms with Gasteiger partial charge in [0.2, 0.25) is 0 Å². The number of hydrogen-bond acceptors (Lipinski definition) is 4. The normalized spacial score (nSPS) is 11.9. The summed E-state index contributed by atoms with van der Waals surface area (Å²) in [5, 5.41) is 12.5. The number of hydrogen-bond donors (Lipinski definition) is 2. The highest BCUT2D eigenvalue weighted by Crippen LogP contribution is 2.02. The van der Waals surface area contributed by atoms with E-state index in [9.17, 15) is 9.90 Å². The van der Waals surface area contributed by atoms with Gasteiger partial charge >= 0.3 is 0 Å². The lowest BCUT2D eigenvalue weighted by Crippen LogP contribution is -2.33. The van der Waals surface area contributed by atoms with Crippen LogP contribution >= 0.6 is 0 Å². The van der Waals surface area contributed by atoms with Crippen LogP contribution in [0.2, 0.25) is 0 Å². The Bertz CT molecular complexity index is 555. The topological polar surface area (TPSA) is 75.1 Å². The molecule has 1 amide bonds. The third-order valence-electron chi connectivity index (χ3n) is 2.83. The maximum Gasteiger partial charge on any atom is 0.271 e. The summed E-state index contributed by atoms with van der Waals surface area (Å²) >= 11 is 0. The molecule has 20 heavy (non-hydrogen) atoms. The second-order valence-corrected chi connectivity index (χ2v) is 4.60. The molecule has 1 aromatic heterocycles. The van der Waals surface area contributed by atoms with E-state index in [1.54, 1.807) is 6.92 Å². The molecule has 0 aliphatic heterocycles. The van der Waals surface area contributed by atoms with E-state index in [2.05, 4.69) is 15.3 Å². The monoisotopic (exact) mass is 271 g/mol. The molecular weight excluding hydrogens is 254 g/mol. The fourth-order valence-corrected chi connectivity index (χ4v) is 1.77. The Labute approximate surface area is 117 Å². The maximum atomic E-state index is 11.8. The van der Waals surface area contributed by atoms with Gasteiger partial charge in [0.25, 0.3) is 5.91 Å². The van der Waals surface area contributed by atoms with E-state index >= 15 is 0 Å². The van der Waals surface area contributed by atoms with E-state index in [4.69, 9.17) is 0 Å². The van der Waals surface area contributed by atoms with Crippen molar-refractivity contribution in [2.45, 2.75) is 19.4 Å². The third-order valence-corrected chi connectivity index (χ3v) is 2.83. The smallest absolute Gasteiger partial charge is 0.271 e. The quantitative estimate of drug-likeness (QED) is 0.854. The van der Waals surface area contributed by atoms with Crippen molar-refractivity contribution in [2.75, 3.05) is 6.54 Å². The number of carbonyl (C=O) groups is 1. The molecule has 0 radical (unpaired) electrons. The molecule has 0 saturated carbocycles. The van der Waals surface area contributed by atoms with Gasteiger partial charge in [-0.1, -0.05) is 30.3 Å². The van der Waals surface area contributed by atoms with Crippen molar-refractivity contribution < 1.29 is 9.90 Å². The summed E-state index contributed by atoms with van der Waals surface area (Å²) in [6.45, 7) is 1.99. The van der Waals surface area contributed by atoms with Crippen molar-refractivity contribution in [1.82, 2.24) is 15.3 Å². The average Bonchev–Trinajstić information content (AvgIpc) is 2.46. The second-order valence-electron chi connectivity index (χ2n) is 4.60. The fourth-order valence-electron chi connectivity index (χ4n) is 1.77. The number of aliphatic hydroxyl groups is 1. The van der Waals surface area contributed by atoms with Gasteiger partial charge < -0.3 is 10.4 Å². The van der Waals surface area contributed by atoms with Crippen molar-refractivity contribution >= 4 is 5.91 Å². The standard InChI is InChI=1S/C15H17N3O2/c1-11-8-17-14(10-16-11)15(20)18-9-13(19)7-12-5-3-2-4-6-12/h2-6,8,10,13,19H,7,9H2,1H3,(H,18,20). The van der Waals surface area contributed by atoms with Gasteiger partial charge in [-0.25, -0.2) is 4.98 Å². The predicted molar refractivity (Wildman–Crippen MR) is 75.3 cm³/mol. The SMILES string of the molecule is Cc1cnc(C(=O)NCC(O)Cc2ccccc2)cn1. The van der Waals surface area contributed by atoms with Crippen LogP contribution in [0.15, 0.2) is 42.7 Å². The van der Waals surface area contributed by atoms with Crippen LogP contribution in [0.3, 0.4) is 0 Å². The first-order chi connectivity index (χ1) is 9.65. The molecular formula is C15H17N3O2. The summed E-state index contributed by atoms with van der Waals surface area (Å²) in [7, 11) is 0. The first-order valence-electron chi connectivity index (χ1n) is 6.44. The van der Waals surface area contributed by atoms with Crippen LogP contribution in [0.5, 0.6) is 0 Å². The average molecular weight is 271 g/mol. The number of aromatic nitrogens is 2. The summed E-state index contributed by atoms with van der Waals surface area (Å²) in [4.78, 5) is 19.8. The predicted octanol–water partition coefficient (Wildman–Crippen LogP) is 1.12. The minimum Gasteiger partial charge on any atom is -0.391 e. The van der Waals surface area contributed by atoms with Gasteiger partial charge in [-0.05, 0) is 12.5 Å². The van der Waals surface area contributed by atoms with Crippen LogP contribution in [0.25, 0.3) is 0 Å². The number of benzene rings is 1. The minimum atomic E-state index is -0.625. The number of nitrogens with one attached hydrogen (secondary N) is 1. The highest BCUT2D eigenvalue weighted by atomic mass is 16.3. The summed E-state index contributed by atoms with van der Waals surface area (Å²) < 4.78 is 0. The summed E-state index contributed by atoms with van der Waals surface area (Å²) in [5.74, 6) is -0.329. The van der Waals surface area contributed by atoms with Crippen molar-refractivity contribution in [3.05, 3.63) is 59.7 Å². The number of nitrogens with zero attached hydrogens (tertiary/aromatic N) is 2. The minimum absolute atomic E-state index is 0.184. The van der Waals surface area contributed by atoms with Gasteiger partial charge in [0, 0.05) is 19.2 Å². The summed E-state index contributed by atoms with van der Waals surface area (Å²) in [5.41, 5.74) is 2.04. The molecule has 1 heterocycles. The van der Waals surface area contributed by atoms with Crippen LogP contribution < -0.4 is 5.32 Å². The zero-order chi connectivity index (χ0) is 14.4. The summed E-state index contributed by atoms with van der Waals surface area (Å²) in [6.07, 6.45) is 2.84. The van der Waals surface area contributed by atoms with Gasteiger partial charge in [-0.2, -0.15) is 0 Å². The first kappa shape index (κ1) is 14.1. The van der Waals surface area contributed by atoms with Crippen molar-refractivity contribution in [1.29, 1.82) is 0 Å². The fraction of sp³-hybridized carbons (Fsp3) is 0.267. The van der Waals surface area contributed by atoms with E-state index < -0.39 is 6.10 Å². The van der Waals surface area contributed by atoms with Crippen LogP contribution in [-0.2, 0) is 6.42 Å². The number of rotatable bonds is 5. The molecule has 104 valence electrons. The molecule has 0 saturated heterocycles. The molecule has 5 heteroatoms. The third kappa shape index (κ3) is 4.13. The lowest BCUT2D eigenvalue weighted by atomic mass is 10.1. The number of aliphatic hydroxyl groups excluding tert-OH is 1. The van der Waals surface area contributed by atoms with E-state index in [0.717, 1.165) is 11.3 Å². The Hall–Kier alpha value is -2.27. The van der Waals surface area contributed by atoms with Gasteiger partial charge in [-0.15, -0.1) is 0 Å². The molecule has 1 atom stereocenters. The Morgan fingerprint density at radius 3 is 2.65 bits per heavy atom. The molecule has 5 nitrogen and oxygen atoms in total. The molecule has 1 unspecified atom stereocenters. The number of carbonyl (C=O) groups excluding carboxylic acids is 1. The molecule has 2 aromatic rings. The van der Waals surface area contributed by atoms with E-state index in [1.807, 2.05) is 30.3 Å². The molecule has 0 spiro atoms. The number of amides is 1. The summed E-state index contributed by atoms with van der Waals surface area (Å²) in [6, 6.07) is 9.64. The Balaban J connectivity index is 1.82. The largest absolute Gasteiger partial charge is 0.391 e. The lowest BCUT2D eigenvalue weighted by Gasteiger charge is -2.11. The van der Waals surface area contributed by atoms with Crippen LogP contribution in [0, 0.1) is 6.92 Å². The Morgan fingerprint density at radius 2 is 2.00 bits per heavy atom. The van der Waals surface area contributed by atoms with Crippen LogP contribution in [0.4, 0.5) is 0 Å². The Kier molecular flexibility index (Phi) is 4.79. The highest BCUT2D eigenvalue weighted by Gasteiger charge is 2.10. The lowest BCUT2D eigenvalue weighted by molar-refractivity contribution is 0.0910. The zero-order valence-electron chi connectivity index (χ0n) is 11.3. The van der Waals surface area contributed by atoms with Gasteiger partial charge in [0.1, 0.15) is 5.69 Å². The molecule has 1 aromatic carbocycles. The van der Waals surface area contributed by atoms with Crippen molar-refractivity contribution in [3.63, 3.8) is 0 Å². The van der Waals surface area contributed by atoms with Gasteiger partial charge in [0.15, 0.2) is 0 Å². The van der Waals surface area contributed by atoms with Gasteiger partial charge in [0.05, 0.1) is 18.0 Å².